The third-order valence-corrected chi connectivity index (χ3v) is 2.82. The minimum atomic E-state index is -0.667. The van der Waals surface area contributed by atoms with E-state index in [9.17, 15) is 24.6 Å². The summed E-state index contributed by atoms with van der Waals surface area (Å²) in [4.78, 5) is 20.3. The van der Waals surface area contributed by atoms with Gasteiger partial charge in [-0.1, -0.05) is 18.2 Å². The minimum Gasteiger partial charge on any atom is -0.378 e. The molecule has 0 saturated heterocycles. The molecule has 21 heavy (non-hydrogen) atoms. The highest BCUT2D eigenvalue weighted by molar-refractivity contribution is 5.53. The molecule has 7 nitrogen and oxygen atoms in total. The van der Waals surface area contributed by atoms with Gasteiger partial charge >= 0.3 is 0 Å². The molecule has 0 aliphatic rings. The lowest BCUT2D eigenvalue weighted by Gasteiger charge is -2.08. The Kier molecular flexibility index (Phi) is 4.07. The monoisotopic (exact) mass is 291 g/mol. The molecule has 0 heterocycles. The van der Waals surface area contributed by atoms with Crippen LogP contribution < -0.4 is 5.32 Å². The number of hydrogen-bond donors (Lipinski definition) is 1. The van der Waals surface area contributed by atoms with Gasteiger partial charge in [0.25, 0.3) is 11.4 Å². The molecule has 0 saturated carbocycles. The number of nitro benzene ring substituents is 2. The first-order valence-corrected chi connectivity index (χ1v) is 5.89. The van der Waals surface area contributed by atoms with Gasteiger partial charge in [-0.3, -0.25) is 20.2 Å². The lowest BCUT2D eigenvalue weighted by atomic mass is 10.1. The number of hydrogen-bond acceptors (Lipinski definition) is 5. The minimum absolute atomic E-state index is 0.0186. The summed E-state index contributed by atoms with van der Waals surface area (Å²) >= 11 is 0. The maximum atomic E-state index is 13.6. The topological polar surface area (TPSA) is 98.3 Å². The first-order valence-electron chi connectivity index (χ1n) is 5.89. The fourth-order valence-corrected chi connectivity index (χ4v) is 1.79. The normalized spacial score (nSPS) is 10.1. The van der Waals surface area contributed by atoms with E-state index in [0.717, 1.165) is 18.2 Å². The van der Waals surface area contributed by atoms with Crippen LogP contribution in [0, 0.1) is 26.0 Å². The lowest BCUT2D eigenvalue weighted by molar-refractivity contribution is -0.385. The Morgan fingerprint density at radius 3 is 2.43 bits per heavy atom. The average Bonchev–Trinajstić information content (AvgIpc) is 2.46. The molecule has 2 rings (SSSR count). The molecule has 0 aromatic heterocycles. The zero-order valence-electron chi connectivity index (χ0n) is 10.7. The number of nitro groups is 2. The third kappa shape index (κ3) is 3.30. The Morgan fingerprint density at radius 1 is 1.05 bits per heavy atom. The molecule has 108 valence electrons. The smallest absolute Gasteiger partial charge is 0.274 e. The van der Waals surface area contributed by atoms with Gasteiger partial charge in [0, 0.05) is 30.3 Å². The molecule has 0 radical (unpaired) electrons. The van der Waals surface area contributed by atoms with Crippen molar-refractivity contribution >= 4 is 17.1 Å². The summed E-state index contributed by atoms with van der Waals surface area (Å²) in [5.74, 6) is -0.667. The third-order valence-electron chi connectivity index (χ3n) is 2.82. The predicted octanol–water partition coefficient (Wildman–Crippen LogP) is 3.25. The van der Waals surface area contributed by atoms with Crippen LogP contribution in [0.25, 0.3) is 0 Å². The van der Waals surface area contributed by atoms with Crippen molar-refractivity contribution in [1.29, 1.82) is 0 Å². The van der Waals surface area contributed by atoms with Crippen molar-refractivity contribution in [2.24, 2.45) is 0 Å². The number of nitrogens with zero attached hydrogens (tertiary/aromatic N) is 2. The van der Waals surface area contributed by atoms with Gasteiger partial charge in [-0.05, 0) is 6.07 Å². The molecular weight excluding hydrogens is 281 g/mol. The molecule has 0 aliphatic carbocycles. The van der Waals surface area contributed by atoms with Gasteiger partial charge < -0.3 is 5.32 Å². The van der Waals surface area contributed by atoms with Crippen LogP contribution in [0.15, 0.2) is 42.5 Å². The van der Waals surface area contributed by atoms with Crippen molar-refractivity contribution in [3.63, 3.8) is 0 Å². The number of anilines is 1. The van der Waals surface area contributed by atoms with Crippen LogP contribution in [0.3, 0.4) is 0 Å². The van der Waals surface area contributed by atoms with Gasteiger partial charge in [0.05, 0.1) is 15.5 Å². The summed E-state index contributed by atoms with van der Waals surface area (Å²) in [6.45, 7) is -0.0186. The van der Waals surface area contributed by atoms with Crippen LogP contribution in [-0.2, 0) is 6.54 Å². The van der Waals surface area contributed by atoms with Gasteiger partial charge in [0.2, 0.25) is 0 Å². The van der Waals surface area contributed by atoms with E-state index >= 15 is 0 Å². The van der Waals surface area contributed by atoms with Crippen LogP contribution >= 0.6 is 0 Å². The first-order chi connectivity index (χ1) is 9.99. The van der Waals surface area contributed by atoms with Crippen molar-refractivity contribution < 1.29 is 14.2 Å². The molecule has 0 fully saturated rings. The Bertz CT molecular complexity index is 706. The molecule has 0 atom stereocenters. The van der Waals surface area contributed by atoms with Gasteiger partial charge in [0.1, 0.15) is 5.82 Å². The summed E-state index contributed by atoms with van der Waals surface area (Å²) < 4.78 is 13.6. The van der Waals surface area contributed by atoms with Gasteiger partial charge in [0.15, 0.2) is 0 Å². The van der Waals surface area contributed by atoms with Crippen molar-refractivity contribution in [3.8, 4) is 0 Å². The molecule has 0 aliphatic heterocycles. The van der Waals surface area contributed by atoms with E-state index in [-0.39, 0.29) is 23.6 Å². The fourth-order valence-electron chi connectivity index (χ4n) is 1.79. The Morgan fingerprint density at radius 2 is 1.76 bits per heavy atom. The summed E-state index contributed by atoms with van der Waals surface area (Å²) in [6.07, 6.45) is 0. The van der Waals surface area contributed by atoms with Crippen LogP contribution in [0.1, 0.15) is 5.56 Å². The second-order valence-electron chi connectivity index (χ2n) is 4.16. The molecule has 0 amide bonds. The van der Waals surface area contributed by atoms with Crippen LogP contribution in [0.5, 0.6) is 0 Å². The molecule has 0 spiro atoms. The quantitative estimate of drug-likeness (QED) is 0.673. The standard InChI is InChI=1S/C13H10FN3O4/c14-11-6-5-10(16(18)19)7-12(11)15-8-9-3-1-2-4-13(9)17(20)21/h1-7,15H,8H2. The molecule has 8 heteroatoms. The molecule has 2 aromatic carbocycles. The number of para-hydroxylation sites is 1. The highest BCUT2D eigenvalue weighted by atomic mass is 19.1. The van der Waals surface area contributed by atoms with E-state index in [0.29, 0.717) is 5.56 Å². The number of rotatable bonds is 5. The average molecular weight is 291 g/mol. The van der Waals surface area contributed by atoms with Gasteiger partial charge in [-0.25, -0.2) is 4.39 Å². The van der Waals surface area contributed by atoms with Gasteiger partial charge in [-0.15, -0.1) is 0 Å². The fraction of sp³-hybridized carbons (Fsp3) is 0.0769. The number of non-ortho nitro benzene ring substituents is 1. The molecule has 2 aromatic rings. The van der Waals surface area contributed by atoms with E-state index < -0.39 is 15.7 Å². The Labute approximate surface area is 118 Å². The van der Waals surface area contributed by atoms with Crippen molar-refractivity contribution in [2.45, 2.75) is 6.54 Å². The Balaban J connectivity index is 2.22. The first kappa shape index (κ1) is 14.4. The maximum Gasteiger partial charge on any atom is 0.274 e. The second-order valence-corrected chi connectivity index (χ2v) is 4.16. The predicted molar refractivity (Wildman–Crippen MR) is 73.5 cm³/mol. The second kappa shape index (κ2) is 5.95. The largest absolute Gasteiger partial charge is 0.378 e. The van der Waals surface area contributed by atoms with Crippen LogP contribution in [0.4, 0.5) is 21.5 Å². The maximum absolute atomic E-state index is 13.6. The summed E-state index contributed by atoms with van der Waals surface area (Å²) in [5.41, 5.74) is -0.0898. The van der Waals surface area contributed by atoms with E-state index in [1.165, 1.54) is 18.2 Å². The zero-order chi connectivity index (χ0) is 15.4. The van der Waals surface area contributed by atoms with Crippen molar-refractivity contribution in [2.75, 3.05) is 5.32 Å². The SMILES string of the molecule is O=[N+]([O-])c1ccc(F)c(NCc2ccccc2[N+](=O)[O-])c1. The van der Waals surface area contributed by atoms with E-state index in [1.807, 2.05) is 0 Å². The summed E-state index contributed by atoms with van der Waals surface area (Å²) in [7, 11) is 0. The van der Waals surface area contributed by atoms with Gasteiger partial charge in [-0.2, -0.15) is 0 Å². The number of halogens is 1. The summed E-state index contributed by atoms with van der Waals surface area (Å²) in [6, 6.07) is 9.07. The van der Waals surface area contributed by atoms with E-state index in [2.05, 4.69) is 5.32 Å². The number of benzene rings is 2. The number of nitrogens with one attached hydrogen (secondary N) is 1. The molecular formula is C13H10FN3O4. The lowest BCUT2D eigenvalue weighted by Crippen LogP contribution is -2.04. The van der Waals surface area contributed by atoms with Crippen molar-refractivity contribution in [1.82, 2.24) is 0 Å². The molecule has 0 bridgehead atoms. The highest BCUT2D eigenvalue weighted by Crippen LogP contribution is 2.23. The highest BCUT2D eigenvalue weighted by Gasteiger charge is 2.14. The molecule has 1 N–H and O–H groups in total. The van der Waals surface area contributed by atoms with Crippen LogP contribution in [0.2, 0.25) is 0 Å². The van der Waals surface area contributed by atoms with E-state index in [4.69, 9.17) is 0 Å². The zero-order valence-corrected chi connectivity index (χ0v) is 10.7. The molecule has 0 unspecified atom stereocenters. The van der Waals surface area contributed by atoms with Crippen LogP contribution in [-0.4, -0.2) is 9.85 Å². The summed E-state index contributed by atoms with van der Waals surface area (Å²) in [5, 5.41) is 24.1. The Hall–Kier alpha value is -3.03. The van der Waals surface area contributed by atoms with E-state index in [1.54, 1.807) is 6.07 Å². The van der Waals surface area contributed by atoms with Crippen molar-refractivity contribution in [3.05, 3.63) is 74.1 Å².